The normalized spacial score (nSPS) is 19.5. The van der Waals surface area contributed by atoms with E-state index in [1.807, 2.05) is 7.05 Å². The van der Waals surface area contributed by atoms with Crippen molar-refractivity contribution >= 4 is 25.7 Å². The molecule has 2 rings (SSSR count). The van der Waals surface area contributed by atoms with E-state index >= 15 is 0 Å². The van der Waals surface area contributed by atoms with Crippen molar-refractivity contribution in [1.29, 1.82) is 0 Å². The molecule has 0 spiro atoms. The Kier molecular flexibility index (Phi) is 6.08. The zero-order valence-electron chi connectivity index (χ0n) is 14.5. The first kappa shape index (κ1) is 20.1. The Morgan fingerprint density at radius 2 is 1.96 bits per heavy atom. The molecule has 1 aliphatic heterocycles. The highest BCUT2D eigenvalue weighted by Gasteiger charge is 2.32. The molecule has 0 bridgehead atoms. The van der Waals surface area contributed by atoms with Crippen LogP contribution in [-0.2, 0) is 20.0 Å². The molecule has 1 aromatic carbocycles. The van der Waals surface area contributed by atoms with Crippen LogP contribution >= 0.6 is 0 Å². The van der Waals surface area contributed by atoms with Gasteiger partial charge >= 0.3 is 0 Å². The summed E-state index contributed by atoms with van der Waals surface area (Å²) in [6.45, 7) is 4.42. The van der Waals surface area contributed by atoms with Crippen LogP contribution in [0.2, 0.25) is 0 Å². The fourth-order valence-corrected chi connectivity index (χ4v) is 4.88. The molecule has 1 aliphatic rings. The summed E-state index contributed by atoms with van der Waals surface area (Å²) in [4.78, 5) is -0.178. The summed E-state index contributed by atoms with van der Waals surface area (Å²) < 4.78 is 66.7. The molecule has 1 saturated heterocycles. The summed E-state index contributed by atoms with van der Waals surface area (Å²) >= 11 is 0. The SMILES string of the molecule is CNCC1CCN(S(=O)(=O)c2ccc(NS(=O)(=O)C(C)C)c(F)c2)C1. The van der Waals surface area contributed by atoms with Crippen molar-refractivity contribution in [3.05, 3.63) is 24.0 Å². The quantitative estimate of drug-likeness (QED) is 0.726. The molecule has 0 amide bonds. The second kappa shape index (κ2) is 7.56. The Balaban J connectivity index is 2.22. The first-order valence-electron chi connectivity index (χ1n) is 8.04. The highest BCUT2D eigenvalue weighted by Crippen LogP contribution is 2.27. The number of sulfonamides is 2. The maximum absolute atomic E-state index is 14.2. The monoisotopic (exact) mass is 393 g/mol. The molecule has 1 unspecified atom stereocenters. The van der Waals surface area contributed by atoms with Gasteiger partial charge in [-0.25, -0.2) is 21.2 Å². The first-order valence-corrected chi connectivity index (χ1v) is 11.0. The highest BCUT2D eigenvalue weighted by molar-refractivity contribution is 7.93. The summed E-state index contributed by atoms with van der Waals surface area (Å²) in [5.74, 6) is -0.696. The van der Waals surface area contributed by atoms with Crippen molar-refractivity contribution in [3.8, 4) is 0 Å². The predicted molar refractivity (Wildman–Crippen MR) is 94.9 cm³/mol. The number of anilines is 1. The summed E-state index contributed by atoms with van der Waals surface area (Å²) in [6.07, 6.45) is 0.745. The zero-order chi connectivity index (χ0) is 18.8. The summed E-state index contributed by atoms with van der Waals surface area (Å²) in [5, 5.41) is 2.29. The molecule has 0 radical (unpaired) electrons. The van der Waals surface area contributed by atoms with E-state index in [-0.39, 0.29) is 16.5 Å². The smallest absolute Gasteiger partial charge is 0.243 e. The maximum Gasteiger partial charge on any atom is 0.243 e. The van der Waals surface area contributed by atoms with E-state index in [1.165, 1.54) is 24.2 Å². The van der Waals surface area contributed by atoms with Gasteiger partial charge in [-0.1, -0.05) is 0 Å². The van der Waals surface area contributed by atoms with Crippen LogP contribution in [0.3, 0.4) is 0 Å². The minimum Gasteiger partial charge on any atom is -0.319 e. The Morgan fingerprint density at radius 3 is 2.52 bits per heavy atom. The van der Waals surface area contributed by atoms with Gasteiger partial charge in [-0.3, -0.25) is 4.72 Å². The van der Waals surface area contributed by atoms with Crippen molar-refractivity contribution in [2.75, 3.05) is 31.4 Å². The predicted octanol–water partition coefficient (Wildman–Crippen LogP) is 1.21. The second-order valence-electron chi connectivity index (χ2n) is 6.41. The van der Waals surface area contributed by atoms with E-state index < -0.39 is 31.1 Å². The standard InChI is InChI=1S/C15H24FN3O4S2/c1-11(2)24(20,21)18-15-5-4-13(8-14(15)16)25(22,23)19-7-6-12(10-19)9-17-3/h4-5,8,11-12,17-18H,6-7,9-10H2,1-3H3. The summed E-state index contributed by atoms with van der Waals surface area (Å²) in [6, 6.07) is 3.23. The number of halogens is 1. The van der Waals surface area contributed by atoms with Gasteiger partial charge in [0.05, 0.1) is 15.8 Å². The molecule has 10 heteroatoms. The van der Waals surface area contributed by atoms with E-state index in [4.69, 9.17) is 0 Å². The lowest BCUT2D eigenvalue weighted by Gasteiger charge is -2.17. The van der Waals surface area contributed by atoms with Gasteiger partial charge in [0, 0.05) is 13.1 Å². The average Bonchev–Trinajstić information content (AvgIpc) is 2.98. The maximum atomic E-state index is 14.2. The first-order chi connectivity index (χ1) is 11.6. The summed E-state index contributed by atoms with van der Waals surface area (Å²) in [5.41, 5.74) is -0.262. The van der Waals surface area contributed by atoms with Gasteiger partial charge in [-0.05, 0) is 58.0 Å². The van der Waals surface area contributed by atoms with Crippen molar-refractivity contribution < 1.29 is 21.2 Å². The van der Waals surface area contributed by atoms with Crippen molar-refractivity contribution in [3.63, 3.8) is 0 Å². The minimum absolute atomic E-state index is 0.178. The third-order valence-corrected chi connectivity index (χ3v) is 7.80. The van der Waals surface area contributed by atoms with Gasteiger partial charge in [0.15, 0.2) is 0 Å². The molecule has 25 heavy (non-hydrogen) atoms. The van der Waals surface area contributed by atoms with Crippen molar-refractivity contribution in [2.45, 2.75) is 30.4 Å². The van der Waals surface area contributed by atoms with Crippen LogP contribution in [0.4, 0.5) is 10.1 Å². The second-order valence-corrected chi connectivity index (χ2v) is 10.6. The molecule has 0 aromatic heterocycles. The number of nitrogens with one attached hydrogen (secondary N) is 2. The molecule has 142 valence electrons. The van der Waals surface area contributed by atoms with E-state index in [0.717, 1.165) is 25.1 Å². The average molecular weight is 394 g/mol. The number of rotatable bonds is 7. The van der Waals surface area contributed by atoms with Gasteiger partial charge in [-0.2, -0.15) is 4.31 Å². The van der Waals surface area contributed by atoms with E-state index in [9.17, 15) is 21.2 Å². The molecule has 1 atom stereocenters. The number of hydrogen-bond acceptors (Lipinski definition) is 5. The van der Waals surface area contributed by atoms with Crippen LogP contribution in [0.5, 0.6) is 0 Å². The van der Waals surface area contributed by atoms with Gasteiger partial charge < -0.3 is 5.32 Å². The number of nitrogens with zero attached hydrogens (tertiary/aromatic N) is 1. The fraction of sp³-hybridized carbons (Fsp3) is 0.600. The molecule has 1 fully saturated rings. The Hall–Kier alpha value is -1.23. The largest absolute Gasteiger partial charge is 0.319 e. The zero-order valence-corrected chi connectivity index (χ0v) is 16.1. The number of hydrogen-bond donors (Lipinski definition) is 2. The van der Waals surface area contributed by atoms with Crippen LogP contribution < -0.4 is 10.0 Å². The summed E-state index contributed by atoms with van der Waals surface area (Å²) in [7, 11) is -5.70. The lowest BCUT2D eigenvalue weighted by molar-refractivity contribution is 0.450. The van der Waals surface area contributed by atoms with E-state index in [0.29, 0.717) is 13.1 Å². The molecule has 1 aromatic rings. The number of benzene rings is 1. The highest BCUT2D eigenvalue weighted by atomic mass is 32.2. The third-order valence-electron chi connectivity index (χ3n) is 4.19. The minimum atomic E-state index is -3.80. The Morgan fingerprint density at radius 1 is 1.28 bits per heavy atom. The Bertz CT molecular complexity index is 825. The van der Waals surface area contributed by atoms with Crippen molar-refractivity contribution in [2.24, 2.45) is 5.92 Å². The van der Waals surface area contributed by atoms with E-state index in [1.54, 1.807) is 0 Å². The van der Waals surface area contributed by atoms with Gasteiger partial charge in [-0.15, -0.1) is 0 Å². The molecule has 0 saturated carbocycles. The molecular weight excluding hydrogens is 369 g/mol. The topological polar surface area (TPSA) is 95.6 Å². The molecule has 2 N–H and O–H groups in total. The lowest BCUT2D eigenvalue weighted by atomic mass is 10.1. The lowest BCUT2D eigenvalue weighted by Crippen LogP contribution is -2.30. The van der Waals surface area contributed by atoms with Gasteiger partial charge in [0.1, 0.15) is 5.82 Å². The fourth-order valence-electron chi connectivity index (χ4n) is 2.63. The third kappa shape index (κ3) is 4.49. The van der Waals surface area contributed by atoms with Crippen LogP contribution in [0, 0.1) is 11.7 Å². The van der Waals surface area contributed by atoms with Crippen LogP contribution in [0.25, 0.3) is 0 Å². The molecule has 1 heterocycles. The Labute approximate surface area is 148 Å². The van der Waals surface area contributed by atoms with E-state index in [2.05, 4.69) is 10.0 Å². The van der Waals surface area contributed by atoms with Crippen LogP contribution in [0.1, 0.15) is 20.3 Å². The van der Waals surface area contributed by atoms with Crippen molar-refractivity contribution in [1.82, 2.24) is 9.62 Å². The van der Waals surface area contributed by atoms with Gasteiger partial charge in [0.2, 0.25) is 20.0 Å². The molecule has 7 nitrogen and oxygen atoms in total. The van der Waals surface area contributed by atoms with Crippen LogP contribution in [-0.4, -0.2) is 53.1 Å². The molecular formula is C15H24FN3O4S2. The molecule has 0 aliphatic carbocycles. The van der Waals surface area contributed by atoms with Crippen LogP contribution in [0.15, 0.2) is 23.1 Å². The van der Waals surface area contributed by atoms with Gasteiger partial charge in [0.25, 0.3) is 0 Å².